The van der Waals surface area contributed by atoms with E-state index in [4.69, 9.17) is 11.6 Å². The van der Waals surface area contributed by atoms with Crippen LogP contribution in [0.4, 0.5) is 5.69 Å². The molecule has 0 spiro atoms. The van der Waals surface area contributed by atoms with Gasteiger partial charge in [0.2, 0.25) is 0 Å². The number of aryl methyl sites for hydroxylation is 2. The molecule has 26 heavy (non-hydrogen) atoms. The summed E-state index contributed by atoms with van der Waals surface area (Å²) < 4.78 is 0. The van der Waals surface area contributed by atoms with Crippen LogP contribution in [0, 0.1) is 18.3 Å². The lowest BCUT2D eigenvalue weighted by Crippen LogP contribution is -2.28. The lowest BCUT2D eigenvalue weighted by Gasteiger charge is -2.14. The fourth-order valence-electron chi connectivity index (χ4n) is 2.49. The summed E-state index contributed by atoms with van der Waals surface area (Å²) in [6.45, 7) is 5.89. The van der Waals surface area contributed by atoms with Gasteiger partial charge in [0.15, 0.2) is 0 Å². The maximum Gasteiger partial charge on any atom is 0.263 e. The lowest BCUT2D eigenvalue weighted by atomic mass is 10.0. The Morgan fingerprint density at radius 1 is 1.27 bits per heavy atom. The van der Waals surface area contributed by atoms with E-state index in [9.17, 15) is 10.1 Å². The number of carbonyl (C=O) groups is 1. The predicted molar refractivity (Wildman–Crippen MR) is 106 cm³/mol. The minimum absolute atomic E-state index is 0.0105. The number of nitriles is 1. The minimum Gasteiger partial charge on any atom is -0.360 e. The van der Waals surface area contributed by atoms with Gasteiger partial charge in [-0.15, -0.1) is 0 Å². The molecule has 0 radical (unpaired) electrons. The van der Waals surface area contributed by atoms with Crippen molar-refractivity contribution < 1.29 is 4.79 Å². The summed E-state index contributed by atoms with van der Waals surface area (Å²) in [5.74, 6) is -0.418. The summed E-state index contributed by atoms with van der Waals surface area (Å²) in [6.07, 6.45) is 2.39. The van der Waals surface area contributed by atoms with Gasteiger partial charge in [-0.3, -0.25) is 4.79 Å². The third-order valence-electron chi connectivity index (χ3n) is 4.16. The van der Waals surface area contributed by atoms with Crippen LogP contribution in [0.25, 0.3) is 0 Å². The van der Waals surface area contributed by atoms with Gasteiger partial charge in [-0.2, -0.15) is 5.26 Å². The second-order valence-electron chi connectivity index (χ2n) is 6.06. The highest BCUT2D eigenvalue weighted by molar-refractivity contribution is 6.30. The Morgan fingerprint density at radius 2 is 1.96 bits per heavy atom. The maximum absolute atomic E-state index is 12.4. The number of carbonyl (C=O) groups excluding carboxylic acids is 1. The molecule has 0 aliphatic rings. The average Bonchev–Trinajstić information content (AvgIpc) is 2.63. The van der Waals surface area contributed by atoms with Gasteiger partial charge in [0.25, 0.3) is 5.91 Å². The Kier molecular flexibility index (Phi) is 6.82. The zero-order chi connectivity index (χ0) is 19.1. The molecule has 0 bridgehead atoms. The Bertz CT molecular complexity index is 851. The highest BCUT2D eigenvalue weighted by Crippen LogP contribution is 2.20. The van der Waals surface area contributed by atoms with Gasteiger partial charge in [0, 0.05) is 16.9 Å². The van der Waals surface area contributed by atoms with Crippen LogP contribution in [0.15, 0.2) is 54.2 Å². The Morgan fingerprint density at radius 3 is 2.54 bits per heavy atom. The second-order valence-corrected chi connectivity index (χ2v) is 6.50. The largest absolute Gasteiger partial charge is 0.360 e. The zero-order valence-electron chi connectivity index (χ0n) is 15.1. The first-order valence-electron chi connectivity index (χ1n) is 8.47. The molecule has 0 aliphatic heterocycles. The van der Waals surface area contributed by atoms with Gasteiger partial charge in [0.1, 0.15) is 11.6 Å². The standard InChI is InChI=1S/C21H22ClN3O/c1-4-16-5-7-17(8-6-16)15(3)25-21(26)18(12-23)13-24-20-10-9-19(22)11-14(20)2/h5-11,13,15,24H,4H2,1-3H3,(H,25,26)/b18-13-. The zero-order valence-corrected chi connectivity index (χ0v) is 15.9. The first kappa shape index (κ1) is 19.6. The molecule has 0 aliphatic carbocycles. The Balaban J connectivity index is 2.06. The van der Waals surface area contributed by atoms with Gasteiger partial charge >= 0.3 is 0 Å². The van der Waals surface area contributed by atoms with Gasteiger partial charge < -0.3 is 10.6 Å². The van der Waals surface area contributed by atoms with Crippen LogP contribution in [0.3, 0.4) is 0 Å². The number of rotatable bonds is 6. The Hall–Kier alpha value is -2.77. The van der Waals surface area contributed by atoms with Gasteiger partial charge in [0.05, 0.1) is 6.04 Å². The van der Waals surface area contributed by atoms with E-state index in [1.165, 1.54) is 11.8 Å². The monoisotopic (exact) mass is 367 g/mol. The summed E-state index contributed by atoms with van der Waals surface area (Å²) in [7, 11) is 0. The number of nitrogens with one attached hydrogen (secondary N) is 2. The van der Waals surface area contributed by atoms with Crippen molar-refractivity contribution >= 4 is 23.2 Å². The molecule has 0 heterocycles. The highest BCUT2D eigenvalue weighted by Gasteiger charge is 2.14. The van der Waals surface area contributed by atoms with E-state index in [0.717, 1.165) is 23.2 Å². The van der Waals surface area contributed by atoms with Crippen molar-refractivity contribution in [3.63, 3.8) is 0 Å². The highest BCUT2D eigenvalue weighted by atomic mass is 35.5. The lowest BCUT2D eigenvalue weighted by molar-refractivity contribution is -0.117. The van der Waals surface area contributed by atoms with Crippen molar-refractivity contribution in [1.29, 1.82) is 5.26 Å². The van der Waals surface area contributed by atoms with Crippen LogP contribution >= 0.6 is 11.6 Å². The molecule has 4 nitrogen and oxygen atoms in total. The van der Waals surface area contributed by atoms with Crippen LogP contribution in [0.5, 0.6) is 0 Å². The topological polar surface area (TPSA) is 64.9 Å². The normalized spacial score (nSPS) is 12.2. The third-order valence-corrected chi connectivity index (χ3v) is 4.40. The van der Waals surface area contributed by atoms with Gasteiger partial charge in [-0.1, -0.05) is 42.8 Å². The van der Waals surface area contributed by atoms with Gasteiger partial charge in [-0.25, -0.2) is 0 Å². The summed E-state index contributed by atoms with van der Waals surface area (Å²) in [5, 5.41) is 15.8. The first-order valence-corrected chi connectivity index (χ1v) is 8.85. The number of hydrogen-bond donors (Lipinski definition) is 2. The fourth-order valence-corrected chi connectivity index (χ4v) is 2.71. The summed E-state index contributed by atoms with van der Waals surface area (Å²) in [6, 6.07) is 15.2. The number of nitrogens with zero attached hydrogens (tertiary/aromatic N) is 1. The van der Waals surface area contributed by atoms with Crippen LogP contribution in [-0.4, -0.2) is 5.91 Å². The first-order chi connectivity index (χ1) is 12.4. The van der Waals surface area contributed by atoms with Crippen LogP contribution in [-0.2, 0) is 11.2 Å². The molecule has 0 saturated heterocycles. The van der Waals surface area contributed by atoms with Crippen LogP contribution in [0.1, 0.15) is 36.6 Å². The van der Waals surface area contributed by atoms with Crippen molar-refractivity contribution in [3.8, 4) is 6.07 Å². The summed E-state index contributed by atoms with van der Waals surface area (Å²) >= 11 is 5.93. The molecule has 134 valence electrons. The summed E-state index contributed by atoms with van der Waals surface area (Å²) in [4.78, 5) is 12.4. The molecular formula is C21H22ClN3O. The molecule has 2 rings (SSSR count). The van der Waals surface area contributed by atoms with E-state index in [0.29, 0.717) is 5.02 Å². The second kappa shape index (κ2) is 9.07. The SMILES string of the molecule is CCc1ccc(C(C)NC(=O)/C(C#N)=C\Nc2ccc(Cl)cc2C)cc1. The van der Waals surface area contributed by atoms with Gasteiger partial charge in [-0.05, 0) is 55.2 Å². The maximum atomic E-state index is 12.4. The molecule has 1 atom stereocenters. The number of halogens is 1. The molecule has 1 amide bonds. The predicted octanol–water partition coefficient (Wildman–Crippen LogP) is 4.91. The smallest absolute Gasteiger partial charge is 0.263 e. The van der Waals surface area contributed by atoms with Crippen molar-refractivity contribution in [2.75, 3.05) is 5.32 Å². The molecule has 0 fully saturated rings. The van der Waals surface area contributed by atoms with E-state index in [2.05, 4.69) is 17.6 Å². The molecular weight excluding hydrogens is 346 g/mol. The minimum atomic E-state index is -0.418. The van der Waals surface area contributed by atoms with Crippen molar-refractivity contribution in [3.05, 3.63) is 76.0 Å². The van der Waals surface area contributed by atoms with E-state index in [1.54, 1.807) is 12.1 Å². The number of amides is 1. The number of hydrogen-bond acceptors (Lipinski definition) is 3. The average molecular weight is 368 g/mol. The molecule has 2 aromatic carbocycles. The number of benzene rings is 2. The van der Waals surface area contributed by atoms with E-state index < -0.39 is 5.91 Å². The molecule has 1 unspecified atom stereocenters. The fraction of sp³-hybridized carbons (Fsp3) is 0.238. The van der Waals surface area contributed by atoms with E-state index >= 15 is 0 Å². The molecule has 5 heteroatoms. The molecule has 2 aromatic rings. The Labute approximate surface area is 159 Å². The molecule has 2 N–H and O–H groups in total. The van der Waals surface area contributed by atoms with E-state index in [1.807, 2.05) is 50.2 Å². The quantitative estimate of drug-likeness (QED) is 0.563. The van der Waals surface area contributed by atoms with Crippen LogP contribution in [0.2, 0.25) is 5.02 Å². The number of anilines is 1. The molecule has 0 saturated carbocycles. The summed E-state index contributed by atoms with van der Waals surface area (Å²) in [5.41, 5.74) is 3.96. The van der Waals surface area contributed by atoms with Crippen molar-refractivity contribution in [2.45, 2.75) is 33.2 Å². The van der Waals surface area contributed by atoms with Crippen molar-refractivity contribution in [2.24, 2.45) is 0 Å². The van der Waals surface area contributed by atoms with Crippen molar-refractivity contribution in [1.82, 2.24) is 5.32 Å². The molecule has 0 aromatic heterocycles. The van der Waals surface area contributed by atoms with Crippen LogP contribution < -0.4 is 10.6 Å². The van der Waals surface area contributed by atoms with E-state index in [-0.39, 0.29) is 11.6 Å². The third kappa shape index (κ3) is 5.11.